The fourth-order valence-electron chi connectivity index (χ4n) is 1.34. The van der Waals surface area contributed by atoms with E-state index in [-0.39, 0.29) is 6.61 Å². The van der Waals surface area contributed by atoms with Crippen LogP contribution in [0.15, 0.2) is 16.3 Å². The van der Waals surface area contributed by atoms with Gasteiger partial charge in [-0.3, -0.25) is 0 Å². The van der Waals surface area contributed by atoms with Crippen molar-refractivity contribution in [3.63, 3.8) is 0 Å². The molecule has 0 bridgehead atoms. The molecule has 0 unspecified atom stereocenters. The minimum absolute atomic E-state index is 0.109. The molecule has 1 heterocycles. The van der Waals surface area contributed by atoms with E-state index in [4.69, 9.17) is 5.90 Å². The maximum absolute atomic E-state index is 12.1. The number of hydrogen-bond acceptors (Lipinski definition) is 5. The van der Waals surface area contributed by atoms with Crippen molar-refractivity contribution in [1.82, 2.24) is 4.72 Å². The van der Waals surface area contributed by atoms with Gasteiger partial charge in [0.2, 0.25) is 0 Å². The molecule has 0 aromatic carbocycles. The molecule has 1 rings (SSSR count). The molecule has 7 heteroatoms. The number of rotatable bonds is 6. The standard InChI is InChI=1S/C10H18N2O3S2/c1-4-8-5-6-9(16-8)17(13,14)12-10(2,3)7-15-11/h5-6,12H,4,7,11H2,1-3H3. The largest absolute Gasteiger partial charge is 0.303 e. The first-order valence-corrected chi connectivity index (χ1v) is 7.55. The molecule has 0 saturated carbocycles. The molecule has 0 fully saturated rings. The second-order valence-electron chi connectivity index (χ2n) is 4.37. The van der Waals surface area contributed by atoms with E-state index < -0.39 is 15.6 Å². The normalized spacial score (nSPS) is 12.9. The first-order valence-electron chi connectivity index (χ1n) is 5.25. The van der Waals surface area contributed by atoms with Crippen molar-refractivity contribution in [2.75, 3.05) is 6.61 Å². The van der Waals surface area contributed by atoms with Crippen LogP contribution in [0.25, 0.3) is 0 Å². The third kappa shape index (κ3) is 4.04. The Kier molecular flexibility index (Phi) is 4.68. The fourth-order valence-corrected chi connectivity index (χ4v) is 4.04. The zero-order valence-electron chi connectivity index (χ0n) is 10.2. The summed E-state index contributed by atoms with van der Waals surface area (Å²) in [5.74, 6) is 4.97. The van der Waals surface area contributed by atoms with Gasteiger partial charge in [-0.05, 0) is 32.4 Å². The lowest BCUT2D eigenvalue weighted by Crippen LogP contribution is -2.47. The van der Waals surface area contributed by atoms with Crippen LogP contribution in [0.3, 0.4) is 0 Å². The van der Waals surface area contributed by atoms with Crippen LogP contribution in [-0.4, -0.2) is 20.6 Å². The van der Waals surface area contributed by atoms with Crippen molar-refractivity contribution in [3.05, 3.63) is 17.0 Å². The molecule has 1 aromatic rings. The van der Waals surface area contributed by atoms with Crippen molar-refractivity contribution in [3.8, 4) is 0 Å². The molecule has 0 aliphatic heterocycles. The number of nitrogens with two attached hydrogens (primary N) is 1. The number of thiophene rings is 1. The minimum atomic E-state index is -3.50. The highest BCUT2D eigenvalue weighted by Gasteiger charge is 2.27. The highest BCUT2D eigenvalue weighted by Crippen LogP contribution is 2.23. The second kappa shape index (κ2) is 5.45. The molecule has 0 radical (unpaired) electrons. The van der Waals surface area contributed by atoms with Crippen LogP contribution in [-0.2, 0) is 21.3 Å². The molecule has 0 aliphatic carbocycles. The van der Waals surface area contributed by atoms with E-state index in [1.807, 2.05) is 13.0 Å². The Hall–Kier alpha value is -0.470. The highest BCUT2D eigenvalue weighted by molar-refractivity contribution is 7.91. The van der Waals surface area contributed by atoms with Gasteiger partial charge in [0.25, 0.3) is 10.0 Å². The Bertz CT molecular complexity index is 466. The summed E-state index contributed by atoms with van der Waals surface area (Å²) in [6, 6.07) is 3.44. The minimum Gasteiger partial charge on any atom is -0.303 e. The summed E-state index contributed by atoms with van der Waals surface area (Å²) in [7, 11) is -3.50. The van der Waals surface area contributed by atoms with E-state index in [2.05, 4.69) is 9.56 Å². The fraction of sp³-hybridized carbons (Fsp3) is 0.600. The molecular weight excluding hydrogens is 260 g/mol. The smallest absolute Gasteiger partial charge is 0.250 e. The Morgan fingerprint density at radius 1 is 1.47 bits per heavy atom. The van der Waals surface area contributed by atoms with Crippen LogP contribution in [0.5, 0.6) is 0 Å². The molecular formula is C10H18N2O3S2. The van der Waals surface area contributed by atoms with Crippen molar-refractivity contribution >= 4 is 21.4 Å². The lowest BCUT2D eigenvalue weighted by atomic mass is 10.1. The van der Waals surface area contributed by atoms with Gasteiger partial charge in [0.1, 0.15) is 4.21 Å². The van der Waals surface area contributed by atoms with Gasteiger partial charge in [-0.25, -0.2) is 19.0 Å². The lowest BCUT2D eigenvalue weighted by Gasteiger charge is -2.23. The van der Waals surface area contributed by atoms with Crippen molar-refractivity contribution in [2.24, 2.45) is 5.90 Å². The van der Waals surface area contributed by atoms with Crippen LogP contribution in [0.4, 0.5) is 0 Å². The van der Waals surface area contributed by atoms with E-state index >= 15 is 0 Å². The summed E-state index contributed by atoms with van der Waals surface area (Å²) in [5.41, 5.74) is -0.732. The summed E-state index contributed by atoms with van der Waals surface area (Å²) < 4.78 is 27.0. The molecule has 0 spiro atoms. The van der Waals surface area contributed by atoms with Crippen molar-refractivity contribution < 1.29 is 13.3 Å². The summed E-state index contributed by atoms with van der Waals surface area (Å²) in [4.78, 5) is 5.53. The molecule has 5 nitrogen and oxygen atoms in total. The third-order valence-corrected chi connectivity index (χ3v) is 5.52. The molecule has 0 amide bonds. The summed E-state index contributed by atoms with van der Waals surface area (Å²) in [6.07, 6.45) is 0.829. The van der Waals surface area contributed by atoms with Gasteiger partial charge in [-0.15, -0.1) is 11.3 Å². The predicted octanol–water partition coefficient (Wildman–Crippen LogP) is 1.26. The maximum atomic E-state index is 12.1. The lowest BCUT2D eigenvalue weighted by molar-refractivity contribution is 0.0929. The van der Waals surface area contributed by atoms with Crippen molar-refractivity contribution in [1.29, 1.82) is 0 Å². The monoisotopic (exact) mass is 278 g/mol. The number of sulfonamides is 1. The summed E-state index contributed by atoms with van der Waals surface area (Å²) in [5, 5.41) is 0. The highest BCUT2D eigenvalue weighted by atomic mass is 32.2. The summed E-state index contributed by atoms with van der Waals surface area (Å²) >= 11 is 1.28. The van der Waals surface area contributed by atoms with Gasteiger partial charge in [-0.2, -0.15) is 0 Å². The molecule has 3 N–H and O–H groups in total. The number of hydrogen-bond donors (Lipinski definition) is 2. The molecule has 0 atom stereocenters. The van der Waals surface area contributed by atoms with E-state index in [1.54, 1.807) is 19.9 Å². The number of nitrogens with one attached hydrogen (secondary N) is 1. The predicted molar refractivity (Wildman–Crippen MR) is 68.2 cm³/mol. The van der Waals surface area contributed by atoms with E-state index in [0.29, 0.717) is 4.21 Å². The van der Waals surface area contributed by atoms with Crippen LogP contribution < -0.4 is 10.6 Å². The molecule has 98 valence electrons. The van der Waals surface area contributed by atoms with Gasteiger partial charge in [0.15, 0.2) is 0 Å². The van der Waals surface area contributed by atoms with E-state index in [0.717, 1.165) is 11.3 Å². The first-order chi connectivity index (χ1) is 7.80. The van der Waals surface area contributed by atoms with Crippen molar-refractivity contribution in [2.45, 2.75) is 36.9 Å². The Morgan fingerprint density at radius 3 is 2.59 bits per heavy atom. The Balaban J connectivity index is 2.88. The maximum Gasteiger partial charge on any atom is 0.250 e. The van der Waals surface area contributed by atoms with Crippen LogP contribution in [0.1, 0.15) is 25.6 Å². The molecule has 1 aromatic heterocycles. The molecule has 0 saturated heterocycles. The van der Waals surface area contributed by atoms with Crippen LogP contribution >= 0.6 is 11.3 Å². The second-order valence-corrected chi connectivity index (χ2v) is 7.45. The topological polar surface area (TPSA) is 81.4 Å². The molecule has 17 heavy (non-hydrogen) atoms. The average molecular weight is 278 g/mol. The van der Waals surface area contributed by atoms with E-state index in [1.165, 1.54) is 11.3 Å². The Labute approximate surface area is 106 Å². The van der Waals surface area contributed by atoms with Crippen LogP contribution in [0, 0.1) is 0 Å². The average Bonchev–Trinajstić information content (AvgIpc) is 2.64. The zero-order valence-corrected chi connectivity index (χ0v) is 11.8. The first kappa shape index (κ1) is 14.6. The number of aryl methyl sites for hydroxylation is 1. The van der Waals surface area contributed by atoms with Gasteiger partial charge in [-0.1, -0.05) is 6.92 Å². The quantitative estimate of drug-likeness (QED) is 0.768. The molecule has 0 aliphatic rings. The van der Waals surface area contributed by atoms with Gasteiger partial charge in [0.05, 0.1) is 12.1 Å². The van der Waals surface area contributed by atoms with Gasteiger partial charge < -0.3 is 4.84 Å². The summed E-state index contributed by atoms with van der Waals surface area (Å²) in [6.45, 7) is 5.53. The Morgan fingerprint density at radius 2 is 2.12 bits per heavy atom. The third-order valence-electron chi connectivity index (χ3n) is 2.11. The van der Waals surface area contributed by atoms with Gasteiger partial charge in [0, 0.05) is 4.88 Å². The SMILES string of the molecule is CCc1ccc(S(=O)(=O)NC(C)(C)CON)s1. The van der Waals surface area contributed by atoms with E-state index in [9.17, 15) is 8.42 Å². The zero-order chi connectivity index (χ0) is 13.1. The van der Waals surface area contributed by atoms with Gasteiger partial charge >= 0.3 is 0 Å². The van der Waals surface area contributed by atoms with Crippen LogP contribution in [0.2, 0.25) is 0 Å².